The average molecular weight is 239 g/mol. The summed E-state index contributed by atoms with van der Waals surface area (Å²) in [7, 11) is -3.22. The number of nitrogens with one attached hydrogen (secondary N) is 1. The molecule has 1 aliphatic heterocycles. The first-order chi connectivity index (χ1) is 7.27. The van der Waals surface area contributed by atoms with Gasteiger partial charge in [0, 0.05) is 6.54 Å². The van der Waals surface area contributed by atoms with Crippen LogP contribution in [0.2, 0.25) is 0 Å². The predicted octanol–water partition coefficient (Wildman–Crippen LogP) is 2.28. The van der Waals surface area contributed by atoms with E-state index in [0.717, 1.165) is 16.8 Å². The van der Waals surface area contributed by atoms with Crippen LogP contribution < -0.4 is 5.32 Å². The zero-order chi connectivity index (χ0) is 12.1. The van der Waals surface area contributed by atoms with Crippen LogP contribution in [0.3, 0.4) is 0 Å². The minimum absolute atomic E-state index is 0.437. The van der Waals surface area contributed by atoms with Crippen molar-refractivity contribution in [3.05, 3.63) is 23.3 Å². The molecule has 3 nitrogen and oxygen atoms in total. The maximum absolute atomic E-state index is 12.3. The summed E-state index contributed by atoms with van der Waals surface area (Å²) in [5.41, 5.74) is 2.91. The van der Waals surface area contributed by atoms with Crippen LogP contribution in [0.15, 0.2) is 17.0 Å². The molecule has 16 heavy (non-hydrogen) atoms. The van der Waals surface area contributed by atoms with E-state index in [-0.39, 0.29) is 0 Å². The fourth-order valence-electron chi connectivity index (χ4n) is 1.93. The van der Waals surface area contributed by atoms with Crippen molar-refractivity contribution in [2.45, 2.75) is 37.3 Å². The highest BCUT2D eigenvalue weighted by Crippen LogP contribution is 2.38. The van der Waals surface area contributed by atoms with E-state index in [1.807, 2.05) is 19.9 Å². The second-order valence-corrected chi connectivity index (χ2v) is 7.55. The largest absolute Gasteiger partial charge is 0.382 e. The third kappa shape index (κ3) is 1.36. The summed E-state index contributed by atoms with van der Waals surface area (Å²) in [4.78, 5) is 0.437. The Balaban J connectivity index is 2.76. The average Bonchev–Trinajstić information content (AvgIpc) is 2.18. The Morgan fingerprint density at radius 2 is 1.88 bits per heavy atom. The van der Waals surface area contributed by atoms with Crippen LogP contribution in [0.4, 0.5) is 5.69 Å². The molecule has 0 radical (unpaired) electrons. The molecule has 2 rings (SSSR count). The van der Waals surface area contributed by atoms with Gasteiger partial charge in [0.05, 0.1) is 15.3 Å². The lowest BCUT2D eigenvalue weighted by Gasteiger charge is -2.33. The molecule has 0 saturated carbocycles. The lowest BCUT2D eigenvalue weighted by Crippen LogP contribution is -2.43. The first-order valence-corrected chi connectivity index (χ1v) is 6.84. The van der Waals surface area contributed by atoms with Gasteiger partial charge >= 0.3 is 0 Å². The van der Waals surface area contributed by atoms with E-state index in [1.165, 1.54) is 0 Å². The van der Waals surface area contributed by atoms with Gasteiger partial charge in [-0.05, 0) is 44.9 Å². The van der Waals surface area contributed by atoms with Crippen molar-refractivity contribution in [2.75, 3.05) is 11.9 Å². The minimum atomic E-state index is -3.22. The minimum Gasteiger partial charge on any atom is -0.382 e. The molecular formula is C12H17NO2S. The van der Waals surface area contributed by atoms with Crippen molar-refractivity contribution >= 4 is 15.5 Å². The number of hydrogen-bond acceptors (Lipinski definition) is 3. The van der Waals surface area contributed by atoms with E-state index >= 15 is 0 Å². The third-order valence-electron chi connectivity index (χ3n) is 3.41. The van der Waals surface area contributed by atoms with Crippen LogP contribution in [0.25, 0.3) is 0 Å². The van der Waals surface area contributed by atoms with E-state index in [2.05, 4.69) is 5.32 Å². The number of aryl methyl sites for hydroxylation is 1. The van der Waals surface area contributed by atoms with Crippen LogP contribution >= 0.6 is 0 Å². The third-order valence-corrected chi connectivity index (χ3v) is 5.92. The molecule has 4 heteroatoms. The Kier molecular flexibility index (Phi) is 2.31. The highest BCUT2D eigenvalue weighted by Gasteiger charge is 2.41. The van der Waals surface area contributed by atoms with Gasteiger partial charge in [-0.3, -0.25) is 0 Å². The summed E-state index contributed by atoms with van der Waals surface area (Å²) in [5.74, 6) is 0. The molecule has 1 heterocycles. The Hall–Kier alpha value is -1.03. The molecule has 1 aliphatic rings. The lowest BCUT2D eigenvalue weighted by atomic mass is 10.1. The van der Waals surface area contributed by atoms with Crippen LogP contribution in [0, 0.1) is 13.8 Å². The number of hydrogen-bond donors (Lipinski definition) is 1. The van der Waals surface area contributed by atoms with Gasteiger partial charge in [0.15, 0.2) is 9.84 Å². The highest BCUT2D eigenvalue weighted by atomic mass is 32.2. The molecule has 1 N–H and O–H groups in total. The molecule has 0 spiro atoms. The number of anilines is 1. The summed E-state index contributed by atoms with van der Waals surface area (Å²) >= 11 is 0. The summed E-state index contributed by atoms with van der Waals surface area (Å²) in [6, 6.07) is 3.58. The first kappa shape index (κ1) is 11.5. The SMILES string of the molecule is Cc1ccc2c(c1C)NCC(C)(C)S2(=O)=O. The first-order valence-electron chi connectivity index (χ1n) is 5.36. The molecule has 0 bridgehead atoms. The van der Waals surface area contributed by atoms with Crippen molar-refractivity contribution in [3.8, 4) is 0 Å². The molecule has 1 aromatic rings. The number of benzene rings is 1. The summed E-state index contributed by atoms with van der Waals surface area (Å²) < 4.78 is 24.0. The zero-order valence-electron chi connectivity index (χ0n) is 10.1. The van der Waals surface area contributed by atoms with E-state index in [1.54, 1.807) is 19.9 Å². The van der Waals surface area contributed by atoms with Crippen molar-refractivity contribution in [3.63, 3.8) is 0 Å². The van der Waals surface area contributed by atoms with E-state index in [0.29, 0.717) is 11.4 Å². The van der Waals surface area contributed by atoms with Crippen LogP contribution in [0.1, 0.15) is 25.0 Å². The number of fused-ring (bicyclic) bond motifs is 1. The van der Waals surface area contributed by atoms with Crippen LogP contribution in [0.5, 0.6) is 0 Å². The topological polar surface area (TPSA) is 46.2 Å². The normalized spacial score (nSPS) is 21.0. The molecule has 0 fully saturated rings. The fourth-order valence-corrected chi connectivity index (χ4v) is 3.53. The molecular weight excluding hydrogens is 222 g/mol. The van der Waals surface area contributed by atoms with Crippen molar-refractivity contribution < 1.29 is 8.42 Å². The number of rotatable bonds is 0. The Morgan fingerprint density at radius 3 is 2.50 bits per heavy atom. The second kappa shape index (κ2) is 3.23. The lowest BCUT2D eigenvalue weighted by molar-refractivity contribution is 0.548. The van der Waals surface area contributed by atoms with E-state index < -0.39 is 14.6 Å². The van der Waals surface area contributed by atoms with Gasteiger partial charge in [0.1, 0.15) is 0 Å². The Labute approximate surface area is 96.8 Å². The quantitative estimate of drug-likeness (QED) is 0.755. The molecule has 0 atom stereocenters. The molecule has 88 valence electrons. The second-order valence-electron chi connectivity index (χ2n) is 5.00. The van der Waals surface area contributed by atoms with Gasteiger partial charge < -0.3 is 5.32 Å². The smallest absolute Gasteiger partial charge is 0.187 e. The van der Waals surface area contributed by atoms with Gasteiger partial charge in [0.25, 0.3) is 0 Å². The summed E-state index contributed by atoms with van der Waals surface area (Å²) in [5, 5.41) is 3.24. The van der Waals surface area contributed by atoms with E-state index in [4.69, 9.17) is 0 Å². The molecule has 0 aliphatic carbocycles. The zero-order valence-corrected chi connectivity index (χ0v) is 10.9. The number of sulfone groups is 1. The van der Waals surface area contributed by atoms with Crippen molar-refractivity contribution in [2.24, 2.45) is 0 Å². The molecule has 0 aromatic heterocycles. The molecule has 0 amide bonds. The highest BCUT2D eigenvalue weighted by molar-refractivity contribution is 7.93. The van der Waals surface area contributed by atoms with Gasteiger partial charge in [-0.1, -0.05) is 6.07 Å². The van der Waals surface area contributed by atoms with Crippen LogP contribution in [-0.2, 0) is 9.84 Å². The fraction of sp³-hybridized carbons (Fsp3) is 0.500. The van der Waals surface area contributed by atoms with Crippen molar-refractivity contribution in [1.82, 2.24) is 0 Å². The Bertz CT molecular complexity index is 544. The standard InChI is InChI=1S/C12H17NO2S/c1-8-5-6-10-11(9(8)2)13-7-12(3,4)16(10,14)15/h5-6,13H,7H2,1-4H3. The molecule has 0 saturated heterocycles. The Morgan fingerprint density at radius 1 is 1.25 bits per heavy atom. The maximum Gasteiger partial charge on any atom is 0.187 e. The van der Waals surface area contributed by atoms with Gasteiger partial charge in [0.2, 0.25) is 0 Å². The van der Waals surface area contributed by atoms with E-state index in [9.17, 15) is 8.42 Å². The van der Waals surface area contributed by atoms with Crippen LogP contribution in [-0.4, -0.2) is 19.7 Å². The summed E-state index contributed by atoms with van der Waals surface area (Å²) in [6.07, 6.45) is 0. The van der Waals surface area contributed by atoms with Gasteiger partial charge in [-0.25, -0.2) is 8.42 Å². The monoisotopic (exact) mass is 239 g/mol. The van der Waals surface area contributed by atoms with Gasteiger partial charge in [-0.2, -0.15) is 0 Å². The van der Waals surface area contributed by atoms with Crippen molar-refractivity contribution in [1.29, 1.82) is 0 Å². The molecule has 0 unspecified atom stereocenters. The van der Waals surface area contributed by atoms with Gasteiger partial charge in [-0.15, -0.1) is 0 Å². The summed E-state index contributed by atoms with van der Waals surface area (Å²) in [6.45, 7) is 7.92. The molecule has 1 aromatic carbocycles. The predicted molar refractivity (Wildman–Crippen MR) is 65.7 cm³/mol. The maximum atomic E-state index is 12.3.